The minimum absolute atomic E-state index is 0.0985. The van der Waals surface area contributed by atoms with Crippen LogP contribution in [0.5, 0.6) is 0 Å². The number of aliphatic hydroxyl groups is 1. The summed E-state index contributed by atoms with van der Waals surface area (Å²) in [6, 6.07) is 0. The lowest BCUT2D eigenvalue weighted by atomic mass is 9.72. The molecule has 0 radical (unpaired) electrons. The largest absolute Gasteiger partial charge is 0.392 e. The molecule has 0 aromatic rings. The minimum Gasteiger partial charge on any atom is -0.392 e. The fraction of sp³-hybridized carbons (Fsp3) is 0.500. The van der Waals surface area contributed by atoms with Crippen LogP contribution in [-0.4, -0.2) is 11.7 Å². The lowest BCUT2D eigenvalue weighted by Crippen LogP contribution is -2.19. The van der Waals surface area contributed by atoms with Gasteiger partial charge >= 0.3 is 0 Å². The van der Waals surface area contributed by atoms with E-state index in [1.807, 2.05) is 19.1 Å². The van der Waals surface area contributed by atoms with Gasteiger partial charge in [0.25, 0.3) is 0 Å². The maximum atomic E-state index is 8.81. The van der Waals surface area contributed by atoms with Crippen LogP contribution in [-0.2, 0) is 0 Å². The van der Waals surface area contributed by atoms with Crippen LogP contribution in [0.15, 0.2) is 58.7 Å². The van der Waals surface area contributed by atoms with Gasteiger partial charge in [0.05, 0.1) is 6.61 Å². The molecule has 1 aliphatic carbocycles. The topological polar surface area (TPSA) is 20.2 Å². The first kappa shape index (κ1) is 17.7. The van der Waals surface area contributed by atoms with Crippen LogP contribution >= 0.6 is 0 Å². The molecule has 0 saturated heterocycles. The Labute approximate surface area is 130 Å². The first-order valence-corrected chi connectivity index (χ1v) is 7.87. The molecule has 0 atom stereocenters. The van der Waals surface area contributed by atoms with Crippen molar-refractivity contribution in [1.82, 2.24) is 0 Å². The summed E-state index contributed by atoms with van der Waals surface area (Å²) >= 11 is 0. The Hall–Kier alpha value is -1.34. The Balaban J connectivity index is 2.78. The van der Waals surface area contributed by atoms with E-state index < -0.39 is 0 Å². The Bertz CT molecular complexity index is 496. The SMILES string of the molecule is CC1=C(/C=C/C(C)=[13CH]/[13CH]=C/C(C)=[13CH]/[13CH2]O)C(C)(C)CCC1. The zero-order chi connectivity index (χ0) is 15.9. The van der Waals surface area contributed by atoms with Crippen molar-refractivity contribution in [3.05, 3.63) is 58.7 Å². The van der Waals surface area contributed by atoms with Gasteiger partial charge in [-0.2, -0.15) is 0 Å². The predicted octanol–water partition coefficient (Wildman–Crippen LogP) is 5.51. The molecule has 0 fully saturated rings. The van der Waals surface area contributed by atoms with E-state index in [1.165, 1.54) is 36.0 Å². The summed E-state index contributed by atoms with van der Waals surface area (Å²) in [5, 5.41) is 8.81. The minimum atomic E-state index is 0.0985. The maximum Gasteiger partial charge on any atom is 0.0617 e. The molecule has 1 aliphatic rings. The van der Waals surface area contributed by atoms with E-state index in [9.17, 15) is 0 Å². The smallest absolute Gasteiger partial charge is 0.0617 e. The molecule has 1 heteroatoms. The Morgan fingerprint density at radius 2 is 1.90 bits per heavy atom. The molecule has 0 aliphatic heterocycles. The molecule has 0 bridgehead atoms. The van der Waals surface area contributed by atoms with Gasteiger partial charge < -0.3 is 5.11 Å². The summed E-state index contributed by atoms with van der Waals surface area (Å²) in [5.41, 5.74) is 5.66. The van der Waals surface area contributed by atoms with E-state index in [0.29, 0.717) is 5.41 Å². The highest BCUT2D eigenvalue weighted by atomic mass is 16.3. The van der Waals surface area contributed by atoms with Crippen molar-refractivity contribution in [3.63, 3.8) is 0 Å². The summed E-state index contributed by atoms with van der Waals surface area (Å²) in [6.45, 7) is 11.2. The average Bonchev–Trinajstić information content (AvgIpc) is 2.37. The van der Waals surface area contributed by atoms with Gasteiger partial charge in [-0.25, -0.2) is 0 Å². The average molecular weight is 290 g/mol. The number of aliphatic hydroxyl groups excluding tert-OH is 1. The molecule has 1 rings (SSSR count). The Morgan fingerprint density at radius 1 is 1.19 bits per heavy atom. The van der Waals surface area contributed by atoms with Crippen LogP contribution in [0.25, 0.3) is 0 Å². The monoisotopic (exact) mass is 290 g/mol. The molecule has 0 saturated carbocycles. The molecule has 1 nitrogen and oxygen atoms in total. The normalized spacial score (nSPS) is 20.9. The van der Waals surface area contributed by atoms with Crippen LogP contribution < -0.4 is 0 Å². The van der Waals surface area contributed by atoms with Crippen LogP contribution in [0.4, 0.5) is 0 Å². The van der Waals surface area contributed by atoms with E-state index in [4.69, 9.17) is 5.11 Å². The summed E-state index contributed by atoms with van der Waals surface area (Å²) in [4.78, 5) is 0. The first-order chi connectivity index (χ1) is 9.86. The fourth-order valence-corrected chi connectivity index (χ4v) is 2.84. The predicted molar refractivity (Wildman–Crippen MR) is 93.2 cm³/mol. The first-order valence-electron chi connectivity index (χ1n) is 7.87. The summed E-state index contributed by atoms with van der Waals surface area (Å²) in [6.07, 6.45) is 16.3. The highest BCUT2D eigenvalue weighted by Crippen LogP contribution is 2.40. The molecule has 0 aromatic heterocycles. The van der Waals surface area contributed by atoms with Gasteiger partial charge in [0, 0.05) is 0 Å². The lowest BCUT2D eigenvalue weighted by molar-refractivity contribution is 0.342. The van der Waals surface area contributed by atoms with Crippen molar-refractivity contribution in [3.8, 4) is 0 Å². The van der Waals surface area contributed by atoms with Gasteiger partial charge in [0.2, 0.25) is 0 Å². The molecule has 1 N–H and O–H groups in total. The molecule has 0 unspecified atom stereocenters. The molecule has 21 heavy (non-hydrogen) atoms. The van der Waals surface area contributed by atoms with Gasteiger partial charge in [0.1, 0.15) is 0 Å². The molecule has 0 amide bonds. The third kappa shape index (κ3) is 5.89. The van der Waals surface area contributed by atoms with E-state index >= 15 is 0 Å². The molecule has 116 valence electrons. The second-order valence-corrected chi connectivity index (χ2v) is 6.67. The van der Waals surface area contributed by atoms with Crippen molar-refractivity contribution < 1.29 is 5.11 Å². The van der Waals surface area contributed by atoms with Crippen LogP contribution in [0.3, 0.4) is 0 Å². The van der Waals surface area contributed by atoms with Crippen molar-refractivity contribution in [1.29, 1.82) is 0 Å². The van der Waals surface area contributed by atoms with Gasteiger partial charge in [-0.3, -0.25) is 0 Å². The van der Waals surface area contributed by atoms with Crippen molar-refractivity contribution in [2.75, 3.05) is 6.61 Å². The quantitative estimate of drug-likeness (QED) is 0.523. The second-order valence-electron chi connectivity index (χ2n) is 6.67. The number of rotatable bonds is 5. The van der Waals surface area contributed by atoms with E-state index in [1.54, 1.807) is 6.08 Å². The molecule has 0 aromatic carbocycles. The van der Waals surface area contributed by atoms with Crippen molar-refractivity contribution in [2.24, 2.45) is 5.41 Å². The van der Waals surface area contributed by atoms with E-state index in [-0.39, 0.29) is 6.61 Å². The van der Waals surface area contributed by atoms with Crippen LogP contribution in [0.1, 0.15) is 53.9 Å². The maximum absolute atomic E-state index is 8.81. The van der Waals surface area contributed by atoms with Gasteiger partial charge in [-0.1, -0.05) is 67.0 Å². The highest BCUT2D eigenvalue weighted by Gasteiger charge is 2.26. The fourth-order valence-electron chi connectivity index (χ4n) is 2.84. The molecule has 0 spiro atoms. The Morgan fingerprint density at radius 3 is 2.52 bits per heavy atom. The number of hydrogen-bond donors (Lipinski definition) is 1. The summed E-state index contributed by atoms with van der Waals surface area (Å²) in [7, 11) is 0. The van der Waals surface area contributed by atoms with Crippen molar-refractivity contribution in [2.45, 2.75) is 53.9 Å². The third-order valence-electron chi connectivity index (χ3n) is 4.19. The lowest BCUT2D eigenvalue weighted by Gasteiger charge is -2.32. The number of allylic oxidation sites excluding steroid dienone is 9. The van der Waals surface area contributed by atoms with Crippen LogP contribution in [0, 0.1) is 5.41 Å². The summed E-state index contributed by atoms with van der Waals surface area (Å²) < 4.78 is 0. The van der Waals surface area contributed by atoms with Crippen LogP contribution in [0.2, 0.25) is 0 Å². The van der Waals surface area contributed by atoms with E-state index in [0.717, 1.165) is 5.57 Å². The molecular weight excluding hydrogens is 260 g/mol. The zero-order valence-corrected chi connectivity index (χ0v) is 14.2. The highest BCUT2D eigenvalue weighted by molar-refractivity contribution is 5.37. The third-order valence-corrected chi connectivity index (χ3v) is 4.19. The van der Waals surface area contributed by atoms with Gasteiger partial charge in [-0.05, 0) is 51.0 Å². The molecule has 0 heterocycles. The van der Waals surface area contributed by atoms with Crippen molar-refractivity contribution >= 4 is 0 Å². The van der Waals surface area contributed by atoms with Gasteiger partial charge in [0.15, 0.2) is 0 Å². The zero-order valence-electron chi connectivity index (χ0n) is 14.2. The summed E-state index contributed by atoms with van der Waals surface area (Å²) in [5.74, 6) is 0. The van der Waals surface area contributed by atoms with E-state index in [2.05, 4.69) is 45.9 Å². The Kier molecular flexibility index (Phi) is 6.91. The second kappa shape index (κ2) is 8.19. The van der Waals surface area contributed by atoms with Gasteiger partial charge in [-0.15, -0.1) is 0 Å². The standard InChI is InChI=1S/C20H30O/c1-16(8-6-9-17(2)13-15-21)11-12-19-18(3)10-7-14-20(19,4)5/h6,8-9,11-13,21H,7,10,14-15H2,1-5H3/b9-6+,12-11+,16-8+,17-13+/i6+1,8+1,13+1,15+1. The molecular formula is C20H30O. The number of hydrogen-bond acceptors (Lipinski definition) is 1.